The number of aryl methyl sites for hydroxylation is 1. The molecule has 0 radical (unpaired) electrons. The lowest BCUT2D eigenvalue weighted by Gasteiger charge is -2.22. The van der Waals surface area contributed by atoms with Gasteiger partial charge in [-0.05, 0) is 38.2 Å². The largest absolute Gasteiger partial charge is 0.467 e. The summed E-state index contributed by atoms with van der Waals surface area (Å²) in [7, 11) is 1.35. The molecule has 6 heteroatoms. The van der Waals surface area contributed by atoms with Crippen LogP contribution in [0.25, 0.3) is 10.9 Å². The van der Waals surface area contributed by atoms with Crippen molar-refractivity contribution in [1.29, 1.82) is 0 Å². The van der Waals surface area contributed by atoms with Crippen LogP contribution in [0.1, 0.15) is 42.5 Å². The highest BCUT2D eigenvalue weighted by Crippen LogP contribution is 2.27. The van der Waals surface area contributed by atoms with Gasteiger partial charge in [-0.15, -0.1) is 0 Å². The van der Waals surface area contributed by atoms with Crippen molar-refractivity contribution in [2.24, 2.45) is 0 Å². The number of amides is 1. The van der Waals surface area contributed by atoms with E-state index in [2.05, 4.69) is 4.57 Å². The minimum absolute atomic E-state index is 0.128. The fraction of sp³-hybridized carbons (Fsp3) is 0.500. The van der Waals surface area contributed by atoms with E-state index in [-0.39, 0.29) is 18.6 Å². The van der Waals surface area contributed by atoms with Crippen molar-refractivity contribution >= 4 is 22.8 Å². The Kier molecular flexibility index (Phi) is 5.91. The van der Waals surface area contributed by atoms with Crippen molar-refractivity contribution in [2.75, 3.05) is 20.3 Å². The van der Waals surface area contributed by atoms with Crippen LogP contribution in [0, 0.1) is 0 Å². The SMILES string of the molecule is COC(=O)[C@H]1CCCN1C(=O)c1cn(CCCCCF)c2ccccc12. The van der Waals surface area contributed by atoms with Crippen molar-refractivity contribution in [3.63, 3.8) is 0 Å². The molecule has 1 aliphatic heterocycles. The minimum Gasteiger partial charge on any atom is -0.467 e. The van der Waals surface area contributed by atoms with Gasteiger partial charge in [0.2, 0.25) is 0 Å². The van der Waals surface area contributed by atoms with Crippen LogP contribution in [0.3, 0.4) is 0 Å². The van der Waals surface area contributed by atoms with Gasteiger partial charge in [-0.3, -0.25) is 9.18 Å². The Morgan fingerprint density at radius 3 is 2.81 bits per heavy atom. The average Bonchev–Trinajstić information content (AvgIpc) is 3.29. The molecule has 1 atom stereocenters. The number of likely N-dealkylation sites (tertiary alicyclic amines) is 1. The number of aromatic nitrogens is 1. The highest BCUT2D eigenvalue weighted by molar-refractivity contribution is 6.08. The van der Waals surface area contributed by atoms with Gasteiger partial charge >= 0.3 is 5.97 Å². The average molecular weight is 360 g/mol. The molecule has 3 rings (SSSR count). The number of hydrogen-bond acceptors (Lipinski definition) is 3. The van der Waals surface area contributed by atoms with Gasteiger partial charge in [0.05, 0.1) is 19.3 Å². The number of carbonyl (C=O) groups excluding carboxylic acids is 2. The second kappa shape index (κ2) is 8.34. The van der Waals surface area contributed by atoms with Crippen LogP contribution in [0.15, 0.2) is 30.5 Å². The lowest BCUT2D eigenvalue weighted by Crippen LogP contribution is -2.41. The molecule has 0 aliphatic carbocycles. The molecular weight excluding hydrogens is 335 g/mol. The van der Waals surface area contributed by atoms with E-state index in [0.717, 1.165) is 36.7 Å². The van der Waals surface area contributed by atoms with Crippen molar-refractivity contribution < 1.29 is 18.7 Å². The van der Waals surface area contributed by atoms with Crippen LogP contribution < -0.4 is 0 Å². The Morgan fingerprint density at radius 1 is 1.23 bits per heavy atom. The maximum absolute atomic E-state index is 13.1. The highest BCUT2D eigenvalue weighted by Gasteiger charge is 2.36. The third-order valence-corrected chi connectivity index (χ3v) is 5.04. The monoisotopic (exact) mass is 360 g/mol. The van der Waals surface area contributed by atoms with E-state index in [1.54, 1.807) is 4.90 Å². The summed E-state index contributed by atoms with van der Waals surface area (Å²) in [6, 6.07) is 7.28. The summed E-state index contributed by atoms with van der Waals surface area (Å²) >= 11 is 0. The van der Waals surface area contributed by atoms with Crippen molar-refractivity contribution in [3.05, 3.63) is 36.0 Å². The number of fused-ring (bicyclic) bond motifs is 1. The van der Waals surface area contributed by atoms with E-state index in [4.69, 9.17) is 4.74 Å². The first-order chi connectivity index (χ1) is 12.7. The maximum Gasteiger partial charge on any atom is 0.328 e. The molecule has 0 N–H and O–H groups in total. The summed E-state index contributed by atoms with van der Waals surface area (Å²) in [4.78, 5) is 26.7. The van der Waals surface area contributed by atoms with E-state index in [1.165, 1.54) is 7.11 Å². The summed E-state index contributed by atoms with van der Waals surface area (Å²) in [6.07, 6.45) is 5.57. The fourth-order valence-corrected chi connectivity index (χ4v) is 3.70. The molecule has 1 aromatic heterocycles. The molecule has 26 heavy (non-hydrogen) atoms. The molecule has 1 fully saturated rings. The first-order valence-electron chi connectivity index (χ1n) is 9.20. The number of benzene rings is 1. The van der Waals surface area contributed by atoms with Crippen molar-refractivity contribution in [1.82, 2.24) is 9.47 Å². The highest BCUT2D eigenvalue weighted by atomic mass is 19.1. The van der Waals surface area contributed by atoms with Crippen LogP contribution in [0.2, 0.25) is 0 Å². The van der Waals surface area contributed by atoms with Gasteiger partial charge in [-0.25, -0.2) is 4.79 Å². The summed E-state index contributed by atoms with van der Waals surface area (Å²) < 4.78 is 19.2. The molecule has 140 valence electrons. The van der Waals surface area contributed by atoms with Crippen molar-refractivity contribution in [3.8, 4) is 0 Å². The first kappa shape index (κ1) is 18.4. The number of unbranched alkanes of at least 4 members (excludes halogenated alkanes) is 2. The number of halogens is 1. The molecular formula is C20H25FN2O3. The van der Waals surface area contributed by atoms with E-state index in [9.17, 15) is 14.0 Å². The number of para-hydroxylation sites is 1. The number of carbonyl (C=O) groups is 2. The van der Waals surface area contributed by atoms with Gasteiger partial charge in [0.15, 0.2) is 0 Å². The van der Waals surface area contributed by atoms with Gasteiger partial charge in [-0.2, -0.15) is 0 Å². The van der Waals surface area contributed by atoms with E-state index in [1.807, 2.05) is 30.5 Å². The van der Waals surface area contributed by atoms with Gasteiger partial charge in [0.1, 0.15) is 6.04 Å². The van der Waals surface area contributed by atoms with Gasteiger partial charge in [0.25, 0.3) is 5.91 Å². The Labute approximate surface area is 152 Å². The molecule has 1 saturated heterocycles. The standard InChI is InChI=1S/C20H25FN2O3/c1-26-20(25)18-10-7-13-23(18)19(24)16-14-22(12-6-2-5-11-21)17-9-4-3-8-15(16)17/h3-4,8-9,14,18H,2,5-7,10-13H2,1H3/t18-/m1/s1. The normalized spacial score (nSPS) is 17.0. The van der Waals surface area contributed by atoms with E-state index >= 15 is 0 Å². The summed E-state index contributed by atoms with van der Waals surface area (Å²) in [5, 5.41) is 0.888. The van der Waals surface area contributed by atoms with E-state index in [0.29, 0.717) is 24.9 Å². The molecule has 2 heterocycles. The van der Waals surface area contributed by atoms with Crippen molar-refractivity contribution in [2.45, 2.75) is 44.7 Å². The van der Waals surface area contributed by atoms with Gasteiger partial charge in [0, 0.05) is 30.2 Å². The second-order valence-electron chi connectivity index (χ2n) is 6.68. The molecule has 0 unspecified atom stereocenters. The zero-order chi connectivity index (χ0) is 18.5. The van der Waals surface area contributed by atoms with Crippen LogP contribution in [-0.4, -0.2) is 47.7 Å². The van der Waals surface area contributed by atoms with Crippen LogP contribution in [-0.2, 0) is 16.1 Å². The second-order valence-corrected chi connectivity index (χ2v) is 6.68. The minimum atomic E-state index is -0.501. The Balaban J connectivity index is 1.87. The number of ether oxygens (including phenoxy) is 1. The van der Waals surface area contributed by atoms with Crippen LogP contribution >= 0.6 is 0 Å². The molecule has 5 nitrogen and oxygen atoms in total. The van der Waals surface area contributed by atoms with Crippen LogP contribution in [0.5, 0.6) is 0 Å². The third kappa shape index (κ3) is 3.59. The molecule has 1 amide bonds. The number of esters is 1. The number of hydrogen-bond donors (Lipinski definition) is 0. The topological polar surface area (TPSA) is 51.5 Å². The zero-order valence-corrected chi connectivity index (χ0v) is 15.1. The van der Waals surface area contributed by atoms with Gasteiger partial charge in [-0.1, -0.05) is 18.2 Å². The molecule has 0 saturated carbocycles. The molecule has 1 aromatic carbocycles. The molecule has 0 bridgehead atoms. The number of rotatable bonds is 7. The quantitative estimate of drug-likeness (QED) is 0.560. The predicted octanol–water partition coefficient (Wildman–Crippen LogP) is 3.56. The summed E-state index contributed by atoms with van der Waals surface area (Å²) in [5.41, 5.74) is 1.60. The Hall–Kier alpha value is -2.37. The van der Waals surface area contributed by atoms with E-state index < -0.39 is 6.04 Å². The maximum atomic E-state index is 13.1. The zero-order valence-electron chi connectivity index (χ0n) is 15.1. The number of nitrogens with zero attached hydrogens (tertiary/aromatic N) is 2. The van der Waals surface area contributed by atoms with Crippen LogP contribution in [0.4, 0.5) is 4.39 Å². The Morgan fingerprint density at radius 2 is 2.04 bits per heavy atom. The fourth-order valence-electron chi connectivity index (χ4n) is 3.70. The Bertz CT molecular complexity index is 786. The van der Waals surface area contributed by atoms with Gasteiger partial charge < -0.3 is 14.2 Å². The summed E-state index contributed by atoms with van der Waals surface area (Å²) in [5.74, 6) is -0.484. The summed E-state index contributed by atoms with van der Waals surface area (Å²) in [6.45, 7) is 1.02. The number of methoxy groups -OCH3 is 1. The predicted molar refractivity (Wildman–Crippen MR) is 97.8 cm³/mol. The first-order valence-corrected chi connectivity index (χ1v) is 9.20. The lowest BCUT2D eigenvalue weighted by molar-refractivity contribution is -0.145. The molecule has 1 aliphatic rings. The molecule has 2 aromatic rings. The third-order valence-electron chi connectivity index (χ3n) is 5.04. The number of alkyl halides is 1. The lowest BCUT2D eigenvalue weighted by atomic mass is 10.1. The smallest absolute Gasteiger partial charge is 0.328 e. The molecule has 0 spiro atoms.